The third-order valence-electron chi connectivity index (χ3n) is 5.12. The summed E-state index contributed by atoms with van der Waals surface area (Å²) in [5.74, 6) is 1.13. The number of benzene rings is 1. The summed E-state index contributed by atoms with van der Waals surface area (Å²) < 4.78 is 11.1. The molecule has 3 heterocycles. The van der Waals surface area contributed by atoms with Crippen molar-refractivity contribution < 1.29 is 9.15 Å². The Balaban J connectivity index is 1.67. The predicted molar refractivity (Wildman–Crippen MR) is 97.7 cm³/mol. The molecule has 0 unspecified atom stereocenters. The highest BCUT2D eigenvalue weighted by molar-refractivity contribution is 8.00. The lowest BCUT2D eigenvalue weighted by atomic mass is 10.0. The summed E-state index contributed by atoms with van der Waals surface area (Å²) >= 11 is 2.03. The molecule has 0 bridgehead atoms. The van der Waals surface area contributed by atoms with Crippen molar-refractivity contribution in [3.05, 3.63) is 45.8 Å². The van der Waals surface area contributed by atoms with Gasteiger partial charge in [0.15, 0.2) is 0 Å². The van der Waals surface area contributed by atoms with E-state index >= 15 is 0 Å². The molecule has 0 amide bonds. The molecule has 0 saturated carbocycles. The molecule has 2 atom stereocenters. The van der Waals surface area contributed by atoms with Gasteiger partial charge in [-0.05, 0) is 30.0 Å². The van der Waals surface area contributed by atoms with Crippen LogP contribution in [0.25, 0.3) is 11.0 Å². The second-order valence-corrected chi connectivity index (χ2v) is 7.93. The zero-order chi connectivity index (χ0) is 16.5. The molecule has 5 heteroatoms. The molecule has 0 spiro atoms. The minimum Gasteiger partial charge on any atom is -0.423 e. The van der Waals surface area contributed by atoms with E-state index < -0.39 is 0 Å². The molecule has 0 N–H and O–H groups in total. The van der Waals surface area contributed by atoms with Crippen molar-refractivity contribution in [2.24, 2.45) is 0 Å². The van der Waals surface area contributed by atoms with Crippen LogP contribution in [0.4, 0.5) is 0 Å². The normalized spacial score (nSPS) is 24.9. The first-order valence-electron chi connectivity index (χ1n) is 8.73. The fraction of sp³-hybridized carbons (Fsp3) is 0.526. The van der Waals surface area contributed by atoms with Gasteiger partial charge in [0.25, 0.3) is 0 Å². The highest BCUT2D eigenvalue weighted by atomic mass is 32.2. The molecule has 2 fully saturated rings. The van der Waals surface area contributed by atoms with Gasteiger partial charge in [0.2, 0.25) is 0 Å². The lowest BCUT2D eigenvalue weighted by Gasteiger charge is -2.43. The summed E-state index contributed by atoms with van der Waals surface area (Å²) in [7, 11) is 0. The number of nitrogens with zero attached hydrogens (tertiary/aromatic N) is 1. The van der Waals surface area contributed by atoms with Crippen LogP contribution in [-0.2, 0) is 17.7 Å². The molecule has 2 saturated heterocycles. The van der Waals surface area contributed by atoms with Crippen molar-refractivity contribution in [2.45, 2.75) is 37.6 Å². The van der Waals surface area contributed by atoms with E-state index in [1.54, 1.807) is 6.07 Å². The van der Waals surface area contributed by atoms with Gasteiger partial charge in [-0.2, -0.15) is 11.8 Å². The third-order valence-corrected chi connectivity index (χ3v) is 6.42. The lowest BCUT2D eigenvalue weighted by Crippen LogP contribution is -2.51. The summed E-state index contributed by atoms with van der Waals surface area (Å²) in [6, 6.07) is 8.46. The van der Waals surface area contributed by atoms with Crippen LogP contribution in [-0.4, -0.2) is 41.7 Å². The Kier molecular flexibility index (Phi) is 4.66. The molecule has 0 radical (unpaired) electrons. The molecule has 4 nitrogen and oxygen atoms in total. The maximum Gasteiger partial charge on any atom is 0.336 e. The van der Waals surface area contributed by atoms with Crippen molar-refractivity contribution in [2.75, 3.05) is 25.5 Å². The smallest absolute Gasteiger partial charge is 0.336 e. The van der Waals surface area contributed by atoms with Gasteiger partial charge in [0, 0.05) is 48.2 Å². The fourth-order valence-corrected chi connectivity index (χ4v) is 5.17. The number of ether oxygens (including phenoxy) is 1. The van der Waals surface area contributed by atoms with E-state index in [2.05, 4.69) is 24.0 Å². The van der Waals surface area contributed by atoms with E-state index in [9.17, 15) is 4.79 Å². The second kappa shape index (κ2) is 6.90. The van der Waals surface area contributed by atoms with Gasteiger partial charge in [-0.1, -0.05) is 19.1 Å². The van der Waals surface area contributed by atoms with E-state index in [0.29, 0.717) is 16.9 Å². The maximum absolute atomic E-state index is 12.0. The molecule has 1 aromatic carbocycles. The fourth-order valence-electron chi connectivity index (χ4n) is 3.80. The molecular formula is C19H23NO3S. The topological polar surface area (TPSA) is 42.7 Å². The Hall–Kier alpha value is -1.30. The zero-order valence-electron chi connectivity index (χ0n) is 14.0. The predicted octanol–water partition coefficient (Wildman–Crippen LogP) is 3.06. The van der Waals surface area contributed by atoms with Crippen LogP contribution >= 0.6 is 11.8 Å². The van der Waals surface area contributed by atoms with Gasteiger partial charge in [-0.15, -0.1) is 0 Å². The molecule has 0 aliphatic carbocycles. The highest BCUT2D eigenvalue weighted by Crippen LogP contribution is 2.32. The van der Waals surface area contributed by atoms with Crippen molar-refractivity contribution in [3.8, 4) is 0 Å². The summed E-state index contributed by atoms with van der Waals surface area (Å²) in [4.78, 5) is 14.6. The first kappa shape index (κ1) is 16.2. The van der Waals surface area contributed by atoms with Crippen molar-refractivity contribution >= 4 is 22.7 Å². The first-order valence-corrected chi connectivity index (χ1v) is 9.78. The monoisotopic (exact) mass is 345 g/mol. The van der Waals surface area contributed by atoms with Crippen molar-refractivity contribution in [3.63, 3.8) is 0 Å². The van der Waals surface area contributed by atoms with E-state index in [4.69, 9.17) is 9.15 Å². The van der Waals surface area contributed by atoms with Crippen LogP contribution in [0.5, 0.6) is 0 Å². The van der Waals surface area contributed by atoms with E-state index in [0.717, 1.165) is 55.8 Å². The minimum absolute atomic E-state index is 0.249. The first-order chi connectivity index (χ1) is 11.7. The molecule has 4 rings (SSSR count). The summed E-state index contributed by atoms with van der Waals surface area (Å²) in [5.41, 5.74) is 2.75. The minimum atomic E-state index is -0.249. The average molecular weight is 345 g/mol. The van der Waals surface area contributed by atoms with Crippen molar-refractivity contribution in [1.82, 2.24) is 4.90 Å². The third kappa shape index (κ3) is 3.13. The average Bonchev–Trinajstić information content (AvgIpc) is 2.61. The number of rotatable bonds is 3. The standard InChI is InChI=1S/C19H23NO3S/c1-2-13-3-4-15-14(10-19(21)23-17(15)9-13)11-20-6-8-24-18-12-22-7-5-16(18)20/h3-4,9-10,16,18H,2,5-8,11-12H2,1H3/t16-,18+/m1/s1. The van der Waals surface area contributed by atoms with E-state index in [-0.39, 0.29) is 5.63 Å². The van der Waals surface area contributed by atoms with E-state index in [1.807, 2.05) is 17.8 Å². The summed E-state index contributed by atoms with van der Waals surface area (Å²) in [6.45, 7) is 5.69. The van der Waals surface area contributed by atoms with Crippen LogP contribution in [0.1, 0.15) is 24.5 Å². The van der Waals surface area contributed by atoms with Gasteiger partial charge in [0.1, 0.15) is 5.58 Å². The van der Waals surface area contributed by atoms with Crippen LogP contribution in [0.15, 0.2) is 33.5 Å². The Morgan fingerprint density at radius 1 is 1.33 bits per heavy atom. The number of aryl methyl sites for hydroxylation is 1. The molecular weight excluding hydrogens is 322 g/mol. The SMILES string of the molecule is CCc1ccc2c(CN3CCS[C@H]4COCC[C@H]43)cc(=O)oc2c1. The number of hydrogen-bond acceptors (Lipinski definition) is 5. The van der Waals surface area contributed by atoms with Crippen LogP contribution < -0.4 is 5.63 Å². The maximum atomic E-state index is 12.0. The largest absolute Gasteiger partial charge is 0.423 e. The van der Waals surface area contributed by atoms with Gasteiger partial charge < -0.3 is 9.15 Å². The molecule has 2 aliphatic rings. The number of thioether (sulfide) groups is 1. The van der Waals surface area contributed by atoms with Crippen LogP contribution in [0.3, 0.4) is 0 Å². The second-order valence-electron chi connectivity index (χ2n) is 6.59. The molecule has 2 aliphatic heterocycles. The summed E-state index contributed by atoms with van der Waals surface area (Å²) in [5, 5.41) is 1.62. The van der Waals surface area contributed by atoms with Gasteiger partial charge in [-0.25, -0.2) is 4.79 Å². The van der Waals surface area contributed by atoms with Crippen molar-refractivity contribution in [1.29, 1.82) is 0 Å². The molecule has 24 heavy (non-hydrogen) atoms. The Morgan fingerprint density at radius 3 is 3.12 bits per heavy atom. The van der Waals surface area contributed by atoms with E-state index in [1.165, 1.54) is 5.56 Å². The molecule has 128 valence electrons. The number of hydrogen-bond donors (Lipinski definition) is 0. The van der Waals surface area contributed by atoms with Gasteiger partial charge in [0.05, 0.1) is 6.61 Å². The molecule has 1 aromatic heterocycles. The number of fused-ring (bicyclic) bond motifs is 2. The van der Waals surface area contributed by atoms with Gasteiger partial charge in [-0.3, -0.25) is 4.90 Å². The van der Waals surface area contributed by atoms with Crippen LogP contribution in [0, 0.1) is 0 Å². The molecule has 2 aromatic rings. The Labute approximate surface area is 146 Å². The zero-order valence-corrected chi connectivity index (χ0v) is 14.8. The lowest BCUT2D eigenvalue weighted by molar-refractivity contribution is 0.0352. The van der Waals surface area contributed by atoms with Crippen LogP contribution in [0.2, 0.25) is 0 Å². The Bertz CT molecular complexity index is 786. The van der Waals surface area contributed by atoms with Gasteiger partial charge >= 0.3 is 5.63 Å². The highest BCUT2D eigenvalue weighted by Gasteiger charge is 2.34. The quantitative estimate of drug-likeness (QED) is 0.800. The summed E-state index contributed by atoms with van der Waals surface area (Å²) in [6.07, 6.45) is 2.02. The Morgan fingerprint density at radius 2 is 2.25 bits per heavy atom.